The molecule has 0 bridgehead atoms. The number of ether oxygens (including phenoxy) is 1. The number of carbonyl (C=O) groups is 1. The normalized spacial score (nSPS) is 15.4. The lowest BCUT2D eigenvalue weighted by molar-refractivity contribution is -0.127. The van der Waals surface area contributed by atoms with Gasteiger partial charge in [0.2, 0.25) is 0 Å². The molecule has 0 unspecified atom stereocenters. The number of likely N-dealkylation sites (N-methyl/N-ethyl adjacent to an activating group) is 1. The number of nitrogens with zero attached hydrogens (tertiary/aromatic N) is 2. The van der Waals surface area contributed by atoms with Gasteiger partial charge in [-0.15, -0.1) is 0 Å². The molecule has 2 rings (SSSR count). The average Bonchev–Trinajstić information content (AvgIpc) is 2.64. The molecule has 0 atom stereocenters. The van der Waals surface area contributed by atoms with Crippen LogP contribution in [0.1, 0.15) is 37.7 Å². The first-order valence-corrected chi connectivity index (χ1v) is 8.39. The molecule has 0 heterocycles. The SMILES string of the molecule is C=CCOc1ccccc1/C=C(\C#N)C(=O)N(C)C1CCCCC1. The van der Waals surface area contributed by atoms with E-state index in [-0.39, 0.29) is 17.5 Å². The third-order valence-electron chi connectivity index (χ3n) is 4.37. The summed E-state index contributed by atoms with van der Waals surface area (Å²) in [4.78, 5) is 14.4. The van der Waals surface area contributed by atoms with Crippen LogP contribution in [0.15, 0.2) is 42.5 Å². The van der Waals surface area contributed by atoms with Crippen molar-refractivity contribution in [3.63, 3.8) is 0 Å². The molecular formula is C20H24N2O2. The van der Waals surface area contributed by atoms with Gasteiger partial charge in [0, 0.05) is 18.7 Å². The van der Waals surface area contributed by atoms with Crippen molar-refractivity contribution in [3.05, 3.63) is 48.1 Å². The molecule has 24 heavy (non-hydrogen) atoms. The molecule has 126 valence electrons. The van der Waals surface area contributed by atoms with Gasteiger partial charge in [0.25, 0.3) is 5.91 Å². The van der Waals surface area contributed by atoms with E-state index in [4.69, 9.17) is 4.74 Å². The molecule has 4 heteroatoms. The molecule has 0 aromatic heterocycles. The van der Waals surface area contributed by atoms with Crippen molar-refractivity contribution in [2.24, 2.45) is 0 Å². The summed E-state index contributed by atoms with van der Waals surface area (Å²) < 4.78 is 5.59. The lowest BCUT2D eigenvalue weighted by Gasteiger charge is -2.31. The van der Waals surface area contributed by atoms with Crippen LogP contribution in [0.25, 0.3) is 6.08 Å². The van der Waals surface area contributed by atoms with Gasteiger partial charge < -0.3 is 9.64 Å². The fourth-order valence-corrected chi connectivity index (χ4v) is 3.00. The van der Waals surface area contributed by atoms with Gasteiger partial charge in [0.1, 0.15) is 24.0 Å². The standard InChI is InChI=1S/C20H24N2O2/c1-3-13-24-19-12-8-7-9-16(19)14-17(15-21)20(23)22(2)18-10-5-4-6-11-18/h3,7-9,12,14,18H,1,4-6,10-11,13H2,2H3/b17-14+. The van der Waals surface area contributed by atoms with Crippen LogP contribution in [-0.4, -0.2) is 30.5 Å². The summed E-state index contributed by atoms with van der Waals surface area (Å²) in [5.41, 5.74) is 0.860. The molecule has 1 fully saturated rings. The molecule has 0 saturated heterocycles. The first-order chi connectivity index (χ1) is 11.7. The highest BCUT2D eigenvalue weighted by atomic mass is 16.5. The highest BCUT2D eigenvalue weighted by Crippen LogP contribution is 2.25. The number of benzene rings is 1. The molecule has 1 aromatic rings. The summed E-state index contributed by atoms with van der Waals surface area (Å²) in [6.45, 7) is 4.01. The number of nitriles is 1. The van der Waals surface area contributed by atoms with Crippen LogP contribution >= 0.6 is 0 Å². The zero-order valence-electron chi connectivity index (χ0n) is 14.2. The van der Waals surface area contributed by atoms with E-state index in [1.807, 2.05) is 30.3 Å². The van der Waals surface area contributed by atoms with E-state index in [2.05, 4.69) is 6.58 Å². The van der Waals surface area contributed by atoms with E-state index >= 15 is 0 Å². The Labute approximate surface area is 144 Å². The van der Waals surface area contributed by atoms with E-state index in [0.717, 1.165) is 31.2 Å². The summed E-state index contributed by atoms with van der Waals surface area (Å²) in [6, 6.07) is 9.65. The van der Waals surface area contributed by atoms with Crippen LogP contribution < -0.4 is 4.74 Å². The van der Waals surface area contributed by atoms with E-state index in [1.54, 1.807) is 24.1 Å². The van der Waals surface area contributed by atoms with Crippen molar-refractivity contribution in [2.45, 2.75) is 38.1 Å². The summed E-state index contributed by atoms with van der Waals surface area (Å²) in [5, 5.41) is 9.45. The van der Waals surface area contributed by atoms with Gasteiger partial charge >= 0.3 is 0 Å². The Balaban J connectivity index is 2.21. The fraction of sp³-hybridized carbons (Fsp3) is 0.400. The molecule has 0 spiro atoms. The smallest absolute Gasteiger partial charge is 0.264 e. The molecule has 1 aliphatic rings. The van der Waals surface area contributed by atoms with Crippen LogP contribution in [0.5, 0.6) is 5.75 Å². The van der Waals surface area contributed by atoms with Crippen molar-refractivity contribution >= 4 is 12.0 Å². The maximum atomic E-state index is 12.7. The molecule has 0 aliphatic heterocycles. The third-order valence-corrected chi connectivity index (χ3v) is 4.37. The molecule has 1 aromatic carbocycles. The molecule has 1 aliphatic carbocycles. The second-order valence-electron chi connectivity index (χ2n) is 6.02. The van der Waals surface area contributed by atoms with E-state index in [9.17, 15) is 10.1 Å². The first kappa shape index (κ1) is 17.8. The van der Waals surface area contributed by atoms with Crippen LogP contribution in [-0.2, 0) is 4.79 Å². The zero-order chi connectivity index (χ0) is 17.4. The molecule has 1 saturated carbocycles. The van der Waals surface area contributed by atoms with Crippen LogP contribution in [0.4, 0.5) is 0 Å². The Morgan fingerprint density at radius 2 is 2.08 bits per heavy atom. The van der Waals surface area contributed by atoms with Crippen LogP contribution in [0.3, 0.4) is 0 Å². The van der Waals surface area contributed by atoms with Crippen LogP contribution in [0, 0.1) is 11.3 Å². The lowest BCUT2D eigenvalue weighted by atomic mass is 9.94. The Morgan fingerprint density at radius 1 is 1.38 bits per heavy atom. The minimum Gasteiger partial charge on any atom is -0.489 e. The second-order valence-corrected chi connectivity index (χ2v) is 6.02. The highest BCUT2D eigenvalue weighted by Gasteiger charge is 2.24. The van der Waals surface area contributed by atoms with Gasteiger partial charge in [0.15, 0.2) is 0 Å². The molecule has 0 radical (unpaired) electrons. The minimum atomic E-state index is -0.220. The molecule has 1 amide bonds. The number of rotatable bonds is 6. The third kappa shape index (κ3) is 4.48. The fourth-order valence-electron chi connectivity index (χ4n) is 3.00. The minimum absolute atomic E-state index is 0.137. The maximum Gasteiger partial charge on any atom is 0.264 e. The largest absolute Gasteiger partial charge is 0.489 e. The molecular weight excluding hydrogens is 300 g/mol. The van der Waals surface area contributed by atoms with E-state index < -0.39 is 0 Å². The quantitative estimate of drug-likeness (QED) is 0.452. The monoisotopic (exact) mass is 324 g/mol. The van der Waals surface area contributed by atoms with Gasteiger partial charge in [-0.3, -0.25) is 4.79 Å². The van der Waals surface area contributed by atoms with E-state index in [1.165, 1.54) is 6.42 Å². The number of para-hydroxylation sites is 1. The van der Waals surface area contributed by atoms with Crippen molar-refractivity contribution < 1.29 is 9.53 Å². The van der Waals surface area contributed by atoms with Gasteiger partial charge in [0.05, 0.1) is 0 Å². The van der Waals surface area contributed by atoms with E-state index in [0.29, 0.717) is 12.4 Å². The Bertz CT molecular complexity index is 652. The summed E-state index contributed by atoms with van der Waals surface area (Å²) >= 11 is 0. The Hall–Kier alpha value is -2.54. The topological polar surface area (TPSA) is 53.3 Å². The second kappa shape index (κ2) is 8.93. The number of hydrogen-bond acceptors (Lipinski definition) is 3. The van der Waals surface area contributed by atoms with Crippen LogP contribution in [0.2, 0.25) is 0 Å². The van der Waals surface area contributed by atoms with Crippen molar-refractivity contribution in [1.29, 1.82) is 5.26 Å². The van der Waals surface area contributed by atoms with Crippen molar-refractivity contribution in [2.75, 3.05) is 13.7 Å². The average molecular weight is 324 g/mol. The van der Waals surface area contributed by atoms with Gasteiger partial charge in [-0.2, -0.15) is 5.26 Å². The molecule has 4 nitrogen and oxygen atoms in total. The Morgan fingerprint density at radius 3 is 2.75 bits per heavy atom. The predicted octanol–water partition coefficient (Wildman–Crippen LogP) is 3.95. The number of carbonyl (C=O) groups excluding carboxylic acids is 1. The maximum absolute atomic E-state index is 12.7. The van der Waals surface area contributed by atoms with Gasteiger partial charge in [-0.05, 0) is 25.0 Å². The Kier molecular flexibility index (Phi) is 6.62. The molecule has 0 N–H and O–H groups in total. The summed E-state index contributed by atoms with van der Waals surface area (Å²) in [7, 11) is 1.80. The van der Waals surface area contributed by atoms with Crippen molar-refractivity contribution in [1.82, 2.24) is 4.90 Å². The van der Waals surface area contributed by atoms with Crippen molar-refractivity contribution in [3.8, 4) is 11.8 Å². The zero-order valence-corrected chi connectivity index (χ0v) is 14.2. The highest BCUT2D eigenvalue weighted by molar-refractivity contribution is 6.02. The first-order valence-electron chi connectivity index (χ1n) is 8.39. The number of amides is 1. The van der Waals surface area contributed by atoms with Gasteiger partial charge in [-0.25, -0.2) is 0 Å². The van der Waals surface area contributed by atoms with Gasteiger partial charge in [-0.1, -0.05) is 50.1 Å². The lowest BCUT2D eigenvalue weighted by Crippen LogP contribution is -2.38. The summed E-state index contributed by atoms with van der Waals surface area (Å²) in [6.07, 6.45) is 8.82. The number of hydrogen-bond donors (Lipinski definition) is 0. The predicted molar refractivity (Wildman–Crippen MR) is 95.4 cm³/mol. The summed E-state index contributed by atoms with van der Waals surface area (Å²) in [5.74, 6) is 0.418.